The van der Waals surface area contributed by atoms with Gasteiger partial charge in [-0.15, -0.1) is 0 Å². The van der Waals surface area contributed by atoms with Gasteiger partial charge in [0.15, 0.2) is 0 Å². The molecule has 0 spiro atoms. The van der Waals surface area contributed by atoms with Gasteiger partial charge in [-0.1, -0.05) is 6.07 Å². The van der Waals surface area contributed by atoms with Crippen molar-refractivity contribution < 1.29 is 17.5 Å². The second-order valence-corrected chi connectivity index (χ2v) is 9.26. The van der Waals surface area contributed by atoms with Crippen LogP contribution in [0.5, 0.6) is 0 Å². The van der Waals surface area contributed by atoms with Crippen LogP contribution in [0, 0.1) is 18.7 Å². The van der Waals surface area contributed by atoms with E-state index in [0.717, 1.165) is 49.8 Å². The van der Waals surface area contributed by atoms with E-state index in [1.807, 2.05) is 6.20 Å². The highest BCUT2D eigenvalue weighted by Gasteiger charge is 2.30. The molecule has 1 aliphatic heterocycles. The molecular formula is C20H28FN3O3S. The van der Waals surface area contributed by atoms with Crippen LogP contribution >= 0.6 is 0 Å². The van der Waals surface area contributed by atoms with Crippen molar-refractivity contribution in [2.24, 2.45) is 5.92 Å². The van der Waals surface area contributed by atoms with Crippen molar-refractivity contribution in [3.8, 4) is 0 Å². The summed E-state index contributed by atoms with van der Waals surface area (Å²) in [5, 5.41) is 0. The largest absolute Gasteiger partial charge is 0.385 e. The molecule has 1 aromatic heterocycles. The Morgan fingerprint density at radius 3 is 2.71 bits per heavy atom. The molecule has 154 valence electrons. The number of piperidine rings is 1. The third-order valence-electron chi connectivity index (χ3n) is 5.35. The minimum atomic E-state index is -3.64. The highest BCUT2D eigenvalue weighted by Crippen LogP contribution is 2.26. The van der Waals surface area contributed by atoms with Gasteiger partial charge in [0.1, 0.15) is 11.6 Å². The lowest BCUT2D eigenvalue weighted by Gasteiger charge is -2.31. The van der Waals surface area contributed by atoms with Crippen LogP contribution in [0.1, 0.15) is 30.8 Å². The van der Waals surface area contributed by atoms with Crippen molar-refractivity contribution in [3.63, 3.8) is 0 Å². The van der Waals surface area contributed by atoms with Crippen LogP contribution in [0.15, 0.2) is 35.4 Å². The molecule has 0 N–H and O–H groups in total. The SMILES string of the molecule is COCCCn1c(C)cnc1CC1CCN(S(=O)(=O)c2cccc(F)c2)CC1. The molecule has 0 saturated carbocycles. The first kappa shape index (κ1) is 21.0. The van der Waals surface area contributed by atoms with Crippen LogP contribution in [0.3, 0.4) is 0 Å². The molecule has 1 aliphatic rings. The lowest BCUT2D eigenvalue weighted by atomic mass is 9.94. The Balaban J connectivity index is 1.60. The molecule has 28 heavy (non-hydrogen) atoms. The molecule has 3 rings (SSSR count). The Bertz CT molecular complexity index is 890. The maximum Gasteiger partial charge on any atom is 0.243 e. The summed E-state index contributed by atoms with van der Waals surface area (Å²) >= 11 is 0. The minimum absolute atomic E-state index is 0.0234. The number of ether oxygens (including phenoxy) is 1. The highest BCUT2D eigenvalue weighted by molar-refractivity contribution is 7.89. The molecule has 8 heteroatoms. The summed E-state index contributed by atoms with van der Waals surface area (Å²) in [6.45, 7) is 4.55. The first-order valence-corrected chi connectivity index (χ1v) is 11.1. The number of nitrogens with zero attached hydrogens (tertiary/aromatic N) is 3. The van der Waals surface area contributed by atoms with Crippen molar-refractivity contribution in [1.82, 2.24) is 13.9 Å². The Morgan fingerprint density at radius 1 is 1.29 bits per heavy atom. The van der Waals surface area contributed by atoms with Crippen LogP contribution in [0.4, 0.5) is 4.39 Å². The third kappa shape index (κ3) is 4.79. The molecule has 2 heterocycles. The molecule has 0 aliphatic carbocycles. The summed E-state index contributed by atoms with van der Waals surface area (Å²) in [6, 6.07) is 5.22. The van der Waals surface area contributed by atoms with Crippen molar-refractivity contribution in [2.75, 3.05) is 26.8 Å². The van der Waals surface area contributed by atoms with Gasteiger partial charge in [0.2, 0.25) is 10.0 Å². The zero-order valence-electron chi connectivity index (χ0n) is 16.5. The van der Waals surface area contributed by atoms with E-state index in [4.69, 9.17) is 4.74 Å². The van der Waals surface area contributed by atoms with Gasteiger partial charge >= 0.3 is 0 Å². The molecule has 0 amide bonds. The van der Waals surface area contributed by atoms with Gasteiger partial charge in [0.25, 0.3) is 0 Å². The fraction of sp³-hybridized carbons (Fsp3) is 0.550. The van der Waals surface area contributed by atoms with Gasteiger partial charge in [-0.25, -0.2) is 17.8 Å². The number of hydrogen-bond donors (Lipinski definition) is 0. The summed E-state index contributed by atoms with van der Waals surface area (Å²) in [5.74, 6) is 0.911. The molecule has 0 bridgehead atoms. The lowest BCUT2D eigenvalue weighted by Crippen LogP contribution is -2.39. The molecule has 1 aromatic carbocycles. The van der Waals surface area contributed by atoms with E-state index in [-0.39, 0.29) is 4.90 Å². The maximum absolute atomic E-state index is 13.4. The van der Waals surface area contributed by atoms with E-state index >= 15 is 0 Å². The fourth-order valence-electron chi connectivity index (χ4n) is 3.73. The third-order valence-corrected chi connectivity index (χ3v) is 7.24. The normalized spacial score (nSPS) is 16.5. The van der Waals surface area contributed by atoms with Crippen LogP contribution in [-0.2, 0) is 27.7 Å². The van der Waals surface area contributed by atoms with Crippen molar-refractivity contribution >= 4 is 10.0 Å². The second kappa shape index (κ2) is 9.15. The summed E-state index contributed by atoms with van der Waals surface area (Å²) in [7, 11) is -1.94. The summed E-state index contributed by atoms with van der Waals surface area (Å²) in [6.07, 6.45) is 5.22. The van der Waals surface area contributed by atoms with E-state index < -0.39 is 15.8 Å². The van der Waals surface area contributed by atoms with Crippen molar-refractivity contribution in [1.29, 1.82) is 0 Å². The van der Waals surface area contributed by atoms with E-state index in [1.165, 1.54) is 22.5 Å². The number of hydrogen-bond acceptors (Lipinski definition) is 4. The molecule has 0 atom stereocenters. The summed E-state index contributed by atoms with van der Waals surface area (Å²) in [4.78, 5) is 4.59. The van der Waals surface area contributed by atoms with E-state index in [9.17, 15) is 12.8 Å². The first-order valence-electron chi connectivity index (χ1n) is 9.67. The Hall–Kier alpha value is -1.77. The van der Waals surface area contributed by atoms with E-state index in [2.05, 4.69) is 16.5 Å². The quantitative estimate of drug-likeness (QED) is 0.629. The molecular weight excluding hydrogens is 381 g/mol. The number of aromatic nitrogens is 2. The van der Waals surface area contributed by atoms with Crippen LogP contribution in [0.2, 0.25) is 0 Å². The Labute approximate surface area is 166 Å². The van der Waals surface area contributed by atoms with Crippen molar-refractivity contribution in [3.05, 3.63) is 47.8 Å². The summed E-state index contributed by atoms with van der Waals surface area (Å²) in [5.41, 5.74) is 1.14. The smallest absolute Gasteiger partial charge is 0.243 e. The number of methoxy groups -OCH3 is 1. The number of halogens is 1. The lowest BCUT2D eigenvalue weighted by molar-refractivity contribution is 0.189. The highest BCUT2D eigenvalue weighted by atomic mass is 32.2. The van der Waals surface area contributed by atoms with Gasteiger partial charge in [-0.3, -0.25) is 0 Å². The number of imidazole rings is 1. The van der Waals surface area contributed by atoms with E-state index in [1.54, 1.807) is 7.11 Å². The topological polar surface area (TPSA) is 64.4 Å². The minimum Gasteiger partial charge on any atom is -0.385 e. The van der Waals surface area contributed by atoms with E-state index in [0.29, 0.717) is 25.6 Å². The second-order valence-electron chi connectivity index (χ2n) is 7.32. The summed E-state index contributed by atoms with van der Waals surface area (Å²) < 4.78 is 47.7. The monoisotopic (exact) mass is 409 g/mol. The van der Waals surface area contributed by atoms with Gasteiger partial charge in [-0.05, 0) is 50.3 Å². The number of rotatable bonds is 8. The zero-order valence-corrected chi connectivity index (χ0v) is 17.3. The first-order chi connectivity index (χ1) is 13.4. The van der Waals surface area contributed by atoms with Gasteiger partial charge in [0.05, 0.1) is 4.90 Å². The Morgan fingerprint density at radius 2 is 2.04 bits per heavy atom. The number of sulfonamides is 1. The standard InChI is InChI=1S/C20H28FN3O3S/c1-16-15-22-20(24(16)9-4-12-27-2)13-17-7-10-23(11-8-17)28(25,26)19-6-3-5-18(21)14-19/h3,5-6,14-15,17H,4,7-13H2,1-2H3. The predicted molar refractivity (Wildman–Crippen MR) is 105 cm³/mol. The molecule has 6 nitrogen and oxygen atoms in total. The molecule has 0 radical (unpaired) electrons. The van der Waals surface area contributed by atoms with Gasteiger partial charge in [-0.2, -0.15) is 4.31 Å². The maximum atomic E-state index is 13.4. The average Bonchev–Trinajstić information content (AvgIpc) is 3.02. The predicted octanol–water partition coefficient (Wildman–Crippen LogP) is 3.01. The van der Waals surface area contributed by atoms with Crippen LogP contribution in [-0.4, -0.2) is 49.1 Å². The molecule has 1 saturated heterocycles. The van der Waals surface area contributed by atoms with Crippen LogP contribution < -0.4 is 0 Å². The molecule has 0 unspecified atom stereocenters. The van der Waals surface area contributed by atoms with Gasteiger partial charge < -0.3 is 9.30 Å². The Kier molecular flexibility index (Phi) is 6.85. The van der Waals surface area contributed by atoms with Gasteiger partial charge in [0, 0.05) is 51.7 Å². The number of aryl methyl sites for hydroxylation is 1. The van der Waals surface area contributed by atoms with Crippen molar-refractivity contribution in [2.45, 2.75) is 44.0 Å². The fourth-order valence-corrected chi connectivity index (χ4v) is 5.24. The van der Waals surface area contributed by atoms with Crippen LogP contribution in [0.25, 0.3) is 0 Å². The molecule has 2 aromatic rings. The zero-order chi connectivity index (χ0) is 20.1. The number of benzene rings is 1. The average molecular weight is 410 g/mol. The molecule has 1 fully saturated rings.